The van der Waals surface area contributed by atoms with Crippen LogP contribution in [0.15, 0.2) is 18.2 Å². The van der Waals surface area contributed by atoms with E-state index < -0.39 is 0 Å². The van der Waals surface area contributed by atoms with Crippen molar-refractivity contribution >= 4 is 11.6 Å². The number of benzene rings is 1. The average molecular weight is 290 g/mol. The lowest BCUT2D eigenvalue weighted by Gasteiger charge is -2.29. The van der Waals surface area contributed by atoms with Gasteiger partial charge in [-0.3, -0.25) is 4.79 Å². The largest absolute Gasteiger partial charge is 0.491 e. The first kappa shape index (κ1) is 15.8. The van der Waals surface area contributed by atoms with Gasteiger partial charge in [-0.1, -0.05) is 19.9 Å². The molecule has 0 bridgehead atoms. The molecule has 0 saturated carbocycles. The summed E-state index contributed by atoms with van der Waals surface area (Å²) in [6.07, 6.45) is 3.18. The molecule has 1 heterocycles. The Hall–Kier alpha value is -1.55. The van der Waals surface area contributed by atoms with Crippen molar-refractivity contribution in [1.82, 2.24) is 5.32 Å². The van der Waals surface area contributed by atoms with Gasteiger partial charge in [-0.15, -0.1) is 0 Å². The Morgan fingerprint density at radius 3 is 3.00 bits per heavy atom. The summed E-state index contributed by atoms with van der Waals surface area (Å²) in [7, 11) is 0. The molecule has 4 nitrogen and oxygen atoms in total. The van der Waals surface area contributed by atoms with Crippen molar-refractivity contribution in [1.29, 1.82) is 0 Å². The summed E-state index contributed by atoms with van der Waals surface area (Å²) in [6, 6.07) is 5.78. The molecule has 2 rings (SSSR count). The molecule has 1 aliphatic heterocycles. The maximum absolute atomic E-state index is 12.5. The first-order valence-corrected chi connectivity index (χ1v) is 7.89. The van der Waals surface area contributed by atoms with Gasteiger partial charge < -0.3 is 15.4 Å². The fourth-order valence-corrected chi connectivity index (χ4v) is 2.68. The number of hydrogen-bond donors (Lipinski definition) is 2. The maximum Gasteiger partial charge on any atom is 0.241 e. The molecule has 2 unspecified atom stereocenters. The minimum atomic E-state index is -0.112. The molecule has 2 atom stereocenters. The summed E-state index contributed by atoms with van der Waals surface area (Å²) in [5.41, 5.74) is 1.89. The van der Waals surface area contributed by atoms with Crippen LogP contribution in [0.2, 0.25) is 0 Å². The van der Waals surface area contributed by atoms with Crippen molar-refractivity contribution in [3.05, 3.63) is 23.8 Å². The monoisotopic (exact) mass is 290 g/mol. The molecular weight excluding hydrogens is 264 g/mol. The van der Waals surface area contributed by atoms with Crippen molar-refractivity contribution in [3.63, 3.8) is 0 Å². The van der Waals surface area contributed by atoms with E-state index in [0.29, 0.717) is 12.5 Å². The smallest absolute Gasteiger partial charge is 0.241 e. The van der Waals surface area contributed by atoms with E-state index in [9.17, 15) is 4.79 Å². The first-order valence-electron chi connectivity index (χ1n) is 7.89. The maximum atomic E-state index is 12.5. The van der Waals surface area contributed by atoms with Gasteiger partial charge in [0.15, 0.2) is 0 Å². The van der Waals surface area contributed by atoms with E-state index >= 15 is 0 Å². The van der Waals surface area contributed by atoms with E-state index in [1.807, 2.05) is 25.1 Å². The number of carbonyl (C=O) groups is 1. The average Bonchev–Trinajstić information content (AvgIpc) is 2.47. The van der Waals surface area contributed by atoms with Crippen LogP contribution in [0.5, 0.6) is 5.75 Å². The van der Waals surface area contributed by atoms with Crippen LogP contribution in [0.1, 0.15) is 38.7 Å². The first-order chi connectivity index (χ1) is 10.1. The van der Waals surface area contributed by atoms with Crippen LogP contribution in [-0.4, -0.2) is 25.1 Å². The van der Waals surface area contributed by atoms with Crippen LogP contribution < -0.4 is 15.4 Å². The predicted molar refractivity (Wildman–Crippen MR) is 85.8 cm³/mol. The molecule has 0 aliphatic carbocycles. The SMILES string of the molecule is CCCOc1cc(C)ccc1NC(=O)C1NCCCC1C. The Balaban J connectivity index is 2.08. The number of piperidine rings is 1. The number of amides is 1. The second kappa shape index (κ2) is 7.46. The Bertz CT molecular complexity index is 488. The minimum absolute atomic E-state index is 0.0346. The normalized spacial score (nSPS) is 21.9. The van der Waals surface area contributed by atoms with E-state index in [4.69, 9.17) is 4.74 Å². The molecule has 1 saturated heterocycles. The summed E-state index contributed by atoms with van der Waals surface area (Å²) in [6.45, 7) is 7.79. The number of hydrogen-bond acceptors (Lipinski definition) is 3. The zero-order valence-electron chi connectivity index (χ0n) is 13.2. The standard InChI is InChI=1S/C17H26N2O2/c1-4-10-21-15-11-12(2)7-8-14(15)19-17(20)16-13(3)6-5-9-18-16/h7-8,11,13,16,18H,4-6,9-10H2,1-3H3,(H,19,20). The summed E-state index contributed by atoms with van der Waals surface area (Å²) in [5, 5.41) is 6.33. The number of carbonyl (C=O) groups excluding carboxylic acids is 1. The van der Waals surface area contributed by atoms with Crippen molar-refractivity contribution < 1.29 is 9.53 Å². The van der Waals surface area contributed by atoms with Crippen LogP contribution in [0.3, 0.4) is 0 Å². The summed E-state index contributed by atoms with van der Waals surface area (Å²) < 4.78 is 5.75. The highest BCUT2D eigenvalue weighted by Gasteiger charge is 2.27. The van der Waals surface area contributed by atoms with Crippen molar-refractivity contribution in [2.45, 2.75) is 46.1 Å². The number of ether oxygens (including phenoxy) is 1. The second-order valence-electron chi connectivity index (χ2n) is 5.89. The zero-order chi connectivity index (χ0) is 15.2. The van der Waals surface area contributed by atoms with Crippen LogP contribution in [-0.2, 0) is 4.79 Å². The Morgan fingerprint density at radius 1 is 1.48 bits per heavy atom. The molecular formula is C17H26N2O2. The molecule has 2 N–H and O–H groups in total. The highest BCUT2D eigenvalue weighted by atomic mass is 16.5. The minimum Gasteiger partial charge on any atom is -0.491 e. The van der Waals surface area contributed by atoms with E-state index in [2.05, 4.69) is 24.5 Å². The van der Waals surface area contributed by atoms with Crippen LogP contribution in [0.25, 0.3) is 0 Å². The second-order valence-corrected chi connectivity index (χ2v) is 5.89. The van der Waals surface area contributed by atoms with Gasteiger partial charge >= 0.3 is 0 Å². The Kier molecular flexibility index (Phi) is 5.62. The van der Waals surface area contributed by atoms with Crippen LogP contribution in [0, 0.1) is 12.8 Å². The van der Waals surface area contributed by atoms with Gasteiger partial charge in [-0.2, -0.15) is 0 Å². The fourth-order valence-electron chi connectivity index (χ4n) is 2.68. The predicted octanol–water partition coefficient (Wildman–Crippen LogP) is 3.11. The van der Waals surface area contributed by atoms with E-state index in [-0.39, 0.29) is 11.9 Å². The number of rotatable bonds is 5. The third-order valence-corrected chi connectivity index (χ3v) is 3.91. The fraction of sp³-hybridized carbons (Fsp3) is 0.588. The molecule has 0 aromatic heterocycles. The van der Waals surface area contributed by atoms with Crippen molar-refractivity contribution in [3.8, 4) is 5.75 Å². The topological polar surface area (TPSA) is 50.4 Å². The van der Waals surface area contributed by atoms with E-state index in [1.54, 1.807) is 0 Å². The van der Waals surface area contributed by atoms with Gasteiger partial charge in [0.05, 0.1) is 18.3 Å². The van der Waals surface area contributed by atoms with E-state index in [1.165, 1.54) is 0 Å². The lowest BCUT2D eigenvalue weighted by molar-refractivity contribution is -0.119. The summed E-state index contributed by atoms with van der Waals surface area (Å²) in [4.78, 5) is 12.5. The Morgan fingerprint density at radius 2 is 2.29 bits per heavy atom. The highest BCUT2D eigenvalue weighted by Crippen LogP contribution is 2.27. The lowest BCUT2D eigenvalue weighted by atomic mass is 9.92. The van der Waals surface area contributed by atoms with Gasteiger partial charge in [0.1, 0.15) is 5.75 Å². The molecule has 4 heteroatoms. The molecule has 1 aromatic carbocycles. The summed E-state index contributed by atoms with van der Waals surface area (Å²) >= 11 is 0. The Labute approximate surface area is 127 Å². The van der Waals surface area contributed by atoms with Gasteiger partial charge in [0, 0.05) is 0 Å². The number of nitrogens with one attached hydrogen (secondary N) is 2. The third kappa shape index (κ3) is 4.21. The van der Waals surface area contributed by atoms with Gasteiger partial charge in [-0.25, -0.2) is 0 Å². The van der Waals surface area contributed by atoms with Gasteiger partial charge in [-0.05, 0) is 56.3 Å². The van der Waals surface area contributed by atoms with E-state index in [0.717, 1.165) is 42.8 Å². The van der Waals surface area contributed by atoms with Crippen molar-refractivity contribution in [2.24, 2.45) is 5.92 Å². The highest BCUT2D eigenvalue weighted by molar-refractivity contribution is 5.96. The van der Waals surface area contributed by atoms with Crippen molar-refractivity contribution in [2.75, 3.05) is 18.5 Å². The van der Waals surface area contributed by atoms with Gasteiger partial charge in [0.2, 0.25) is 5.91 Å². The molecule has 0 radical (unpaired) electrons. The van der Waals surface area contributed by atoms with Gasteiger partial charge in [0.25, 0.3) is 0 Å². The third-order valence-electron chi connectivity index (χ3n) is 3.91. The molecule has 116 valence electrons. The lowest BCUT2D eigenvalue weighted by Crippen LogP contribution is -2.48. The zero-order valence-corrected chi connectivity index (χ0v) is 13.2. The van der Waals surface area contributed by atoms with Crippen LogP contribution >= 0.6 is 0 Å². The molecule has 1 fully saturated rings. The molecule has 0 spiro atoms. The number of anilines is 1. The number of aryl methyl sites for hydroxylation is 1. The summed E-state index contributed by atoms with van der Waals surface area (Å²) in [5.74, 6) is 1.16. The molecule has 1 aromatic rings. The molecule has 1 amide bonds. The molecule has 21 heavy (non-hydrogen) atoms. The quantitative estimate of drug-likeness (QED) is 0.876. The molecule has 1 aliphatic rings. The van der Waals surface area contributed by atoms with Crippen LogP contribution in [0.4, 0.5) is 5.69 Å².